The molecular weight excluding hydrogens is 386 g/mol. The molecule has 2 aromatic rings. The Labute approximate surface area is 157 Å². The van der Waals surface area contributed by atoms with E-state index in [0.717, 1.165) is 36.6 Å². The zero-order chi connectivity index (χ0) is 18.4. The van der Waals surface area contributed by atoms with Gasteiger partial charge in [0.1, 0.15) is 0 Å². The third-order valence-corrected chi connectivity index (χ3v) is 4.60. The fourth-order valence-corrected chi connectivity index (χ4v) is 3.11. The first-order valence-electron chi connectivity index (χ1n) is 7.93. The monoisotopic (exact) mass is 409 g/mol. The normalized spacial score (nSPS) is 10.8. The zero-order valence-electron chi connectivity index (χ0n) is 15.0. The van der Waals surface area contributed by atoms with Crippen LogP contribution in [0.1, 0.15) is 11.1 Å². The van der Waals surface area contributed by atoms with Gasteiger partial charge in [-0.05, 0) is 64.8 Å². The number of ether oxygens (including phenoxy) is 3. The Morgan fingerprint density at radius 1 is 0.920 bits per heavy atom. The molecule has 6 heteroatoms. The number of likely N-dealkylation sites (N-methyl/N-ethyl adjacent to an activating group) is 1. The van der Waals surface area contributed by atoms with Gasteiger partial charge in [0, 0.05) is 13.1 Å². The number of phenols is 1. The largest absolute Gasteiger partial charge is 0.503 e. The molecule has 0 heterocycles. The van der Waals surface area contributed by atoms with E-state index in [1.165, 1.54) is 5.56 Å². The summed E-state index contributed by atoms with van der Waals surface area (Å²) in [6, 6.07) is 9.75. The lowest BCUT2D eigenvalue weighted by Crippen LogP contribution is -2.20. The van der Waals surface area contributed by atoms with Crippen LogP contribution in [0.4, 0.5) is 0 Å². The second-order valence-electron chi connectivity index (χ2n) is 5.81. The Kier molecular flexibility index (Phi) is 6.96. The van der Waals surface area contributed by atoms with Crippen LogP contribution in [0.5, 0.6) is 23.0 Å². The molecule has 5 nitrogen and oxygen atoms in total. The van der Waals surface area contributed by atoms with Crippen molar-refractivity contribution < 1.29 is 19.3 Å². The molecule has 0 fully saturated rings. The van der Waals surface area contributed by atoms with Crippen LogP contribution in [0.15, 0.2) is 34.8 Å². The van der Waals surface area contributed by atoms with Gasteiger partial charge in [0.25, 0.3) is 0 Å². The zero-order valence-corrected chi connectivity index (χ0v) is 16.6. The summed E-state index contributed by atoms with van der Waals surface area (Å²) in [7, 11) is 6.89. The second kappa shape index (κ2) is 8.97. The molecule has 0 aliphatic heterocycles. The number of methoxy groups -OCH3 is 3. The second-order valence-corrected chi connectivity index (χ2v) is 6.66. The Bertz CT molecular complexity index is 721. The topological polar surface area (TPSA) is 51.2 Å². The highest BCUT2D eigenvalue weighted by atomic mass is 79.9. The molecule has 0 amide bonds. The van der Waals surface area contributed by atoms with Gasteiger partial charge >= 0.3 is 0 Å². The molecule has 0 radical (unpaired) electrons. The maximum atomic E-state index is 9.89. The Balaban J connectivity index is 1.99. The smallest absolute Gasteiger partial charge is 0.172 e. The van der Waals surface area contributed by atoms with E-state index in [0.29, 0.717) is 10.2 Å². The highest BCUT2D eigenvalue weighted by Gasteiger charge is 2.11. The average molecular weight is 410 g/mol. The quantitative estimate of drug-likeness (QED) is 0.717. The van der Waals surface area contributed by atoms with E-state index in [-0.39, 0.29) is 5.75 Å². The van der Waals surface area contributed by atoms with Crippen molar-refractivity contribution in [3.8, 4) is 23.0 Å². The predicted molar refractivity (Wildman–Crippen MR) is 102 cm³/mol. The third kappa shape index (κ3) is 5.03. The molecule has 0 atom stereocenters. The van der Waals surface area contributed by atoms with Gasteiger partial charge < -0.3 is 24.2 Å². The van der Waals surface area contributed by atoms with Crippen molar-refractivity contribution in [3.63, 3.8) is 0 Å². The van der Waals surface area contributed by atoms with Crippen molar-refractivity contribution in [2.45, 2.75) is 13.0 Å². The summed E-state index contributed by atoms with van der Waals surface area (Å²) < 4.78 is 16.4. The highest BCUT2D eigenvalue weighted by Crippen LogP contribution is 2.35. The lowest BCUT2D eigenvalue weighted by molar-refractivity contribution is 0.327. The molecule has 0 aliphatic carbocycles. The summed E-state index contributed by atoms with van der Waals surface area (Å²) in [6.45, 7) is 1.64. The van der Waals surface area contributed by atoms with Gasteiger partial charge in [-0.2, -0.15) is 0 Å². The van der Waals surface area contributed by atoms with Crippen LogP contribution >= 0.6 is 15.9 Å². The van der Waals surface area contributed by atoms with E-state index in [1.807, 2.05) is 24.3 Å². The van der Waals surface area contributed by atoms with E-state index in [1.54, 1.807) is 21.3 Å². The number of halogens is 1. The summed E-state index contributed by atoms with van der Waals surface area (Å²) in [5, 5.41) is 9.89. The minimum atomic E-state index is 0.124. The molecule has 25 heavy (non-hydrogen) atoms. The van der Waals surface area contributed by atoms with Gasteiger partial charge in [-0.1, -0.05) is 6.07 Å². The van der Waals surface area contributed by atoms with Crippen LogP contribution < -0.4 is 14.2 Å². The van der Waals surface area contributed by atoms with Gasteiger partial charge in [0.2, 0.25) is 0 Å². The standard InChI is InChI=1S/C19H24BrNO4/c1-21(12-14-9-15(20)19(22)18(11-14)25-4)8-7-13-5-6-16(23-2)17(10-13)24-3/h5-6,9-11,22H,7-8,12H2,1-4H3. The Morgan fingerprint density at radius 2 is 1.56 bits per heavy atom. The number of rotatable bonds is 8. The minimum absolute atomic E-state index is 0.124. The van der Waals surface area contributed by atoms with Crippen molar-refractivity contribution >= 4 is 15.9 Å². The van der Waals surface area contributed by atoms with Crippen molar-refractivity contribution in [1.82, 2.24) is 4.90 Å². The van der Waals surface area contributed by atoms with Crippen molar-refractivity contribution in [2.24, 2.45) is 0 Å². The van der Waals surface area contributed by atoms with E-state index in [2.05, 4.69) is 33.9 Å². The summed E-state index contributed by atoms with van der Waals surface area (Å²) in [5.41, 5.74) is 2.25. The maximum absolute atomic E-state index is 9.89. The van der Waals surface area contributed by atoms with Crippen molar-refractivity contribution in [2.75, 3.05) is 34.9 Å². The van der Waals surface area contributed by atoms with Crippen molar-refractivity contribution in [3.05, 3.63) is 45.9 Å². The third-order valence-electron chi connectivity index (χ3n) is 3.99. The number of nitrogens with zero attached hydrogens (tertiary/aromatic N) is 1. The average Bonchev–Trinajstić information content (AvgIpc) is 2.62. The molecular formula is C19H24BrNO4. The number of hydrogen-bond acceptors (Lipinski definition) is 5. The number of hydrogen-bond donors (Lipinski definition) is 1. The number of benzene rings is 2. The molecule has 0 spiro atoms. The first-order chi connectivity index (χ1) is 12.0. The molecule has 2 rings (SSSR count). The van der Waals surface area contributed by atoms with Gasteiger partial charge in [-0.3, -0.25) is 0 Å². The van der Waals surface area contributed by atoms with E-state index in [9.17, 15) is 5.11 Å². The van der Waals surface area contributed by atoms with E-state index >= 15 is 0 Å². The van der Waals surface area contributed by atoms with Gasteiger partial charge in [0.05, 0.1) is 25.8 Å². The highest BCUT2D eigenvalue weighted by molar-refractivity contribution is 9.10. The minimum Gasteiger partial charge on any atom is -0.503 e. The van der Waals surface area contributed by atoms with Gasteiger partial charge in [-0.15, -0.1) is 0 Å². The molecule has 1 N–H and O–H groups in total. The molecule has 2 aromatic carbocycles. The molecule has 0 aliphatic rings. The molecule has 0 bridgehead atoms. The summed E-state index contributed by atoms with van der Waals surface area (Å²) in [6.07, 6.45) is 0.896. The lowest BCUT2D eigenvalue weighted by atomic mass is 10.1. The summed E-state index contributed by atoms with van der Waals surface area (Å²) in [4.78, 5) is 2.22. The van der Waals surface area contributed by atoms with Crippen LogP contribution in [-0.2, 0) is 13.0 Å². The van der Waals surface area contributed by atoms with Crippen LogP contribution in [0, 0.1) is 0 Å². The van der Waals surface area contributed by atoms with E-state index < -0.39 is 0 Å². The Morgan fingerprint density at radius 3 is 2.20 bits per heavy atom. The first kappa shape index (κ1) is 19.4. The van der Waals surface area contributed by atoms with Crippen molar-refractivity contribution in [1.29, 1.82) is 0 Å². The predicted octanol–water partition coefficient (Wildman–Crippen LogP) is 3.86. The maximum Gasteiger partial charge on any atom is 0.172 e. The molecule has 0 saturated carbocycles. The van der Waals surface area contributed by atoms with Gasteiger partial charge in [0.15, 0.2) is 23.0 Å². The van der Waals surface area contributed by atoms with Crippen LogP contribution in [0.2, 0.25) is 0 Å². The van der Waals surface area contributed by atoms with Crippen LogP contribution in [0.25, 0.3) is 0 Å². The lowest BCUT2D eigenvalue weighted by Gasteiger charge is -2.18. The Hall–Kier alpha value is -1.92. The number of phenolic OH excluding ortho intramolecular Hbond substituents is 1. The number of aromatic hydroxyl groups is 1. The molecule has 0 saturated heterocycles. The van der Waals surface area contributed by atoms with Crippen LogP contribution in [-0.4, -0.2) is 44.9 Å². The molecule has 136 valence electrons. The van der Waals surface area contributed by atoms with E-state index in [4.69, 9.17) is 14.2 Å². The summed E-state index contributed by atoms with van der Waals surface area (Å²) >= 11 is 3.36. The fourth-order valence-electron chi connectivity index (χ4n) is 2.62. The van der Waals surface area contributed by atoms with Crippen LogP contribution in [0.3, 0.4) is 0 Å². The SMILES string of the molecule is COc1ccc(CCN(C)Cc2cc(Br)c(O)c(OC)c2)cc1OC. The molecule has 0 unspecified atom stereocenters. The fraction of sp³-hybridized carbons (Fsp3) is 0.368. The first-order valence-corrected chi connectivity index (χ1v) is 8.72. The summed E-state index contributed by atoms with van der Waals surface area (Å²) in [5.74, 6) is 2.08. The van der Waals surface area contributed by atoms with Gasteiger partial charge in [-0.25, -0.2) is 0 Å². The molecule has 0 aromatic heterocycles.